The molecule has 31 heavy (non-hydrogen) atoms. The van der Waals surface area contributed by atoms with Crippen LogP contribution in [0.5, 0.6) is 0 Å². The molecule has 2 aromatic heterocycles. The first-order valence-electron chi connectivity index (χ1n) is 10.4. The van der Waals surface area contributed by atoms with E-state index < -0.39 is 0 Å². The minimum atomic E-state index is -0.122. The van der Waals surface area contributed by atoms with Gasteiger partial charge in [0.2, 0.25) is 5.91 Å². The number of nitrogens with one attached hydrogen (secondary N) is 1. The van der Waals surface area contributed by atoms with E-state index in [1.807, 2.05) is 60.5 Å². The Labute approximate surface area is 181 Å². The van der Waals surface area contributed by atoms with E-state index in [1.54, 1.807) is 22.0 Å². The lowest BCUT2D eigenvalue weighted by atomic mass is 10.1. The van der Waals surface area contributed by atoms with Gasteiger partial charge in [-0.05, 0) is 36.2 Å². The normalized spacial score (nSPS) is 13.8. The maximum atomic E-state index is 12.6. The van der Waals surface area contributed by atoms with Crippen LogP contribution in [0.4, 0.5) is 4.79 Å². The minimum Gasteiger partial charge on any atom is -0.339 e. The van der Waals surface area contributed by atoms with Gasteiger partial charge in [-0.25, -0.2) is 14.5 Å². The molecule has 1 aliphatic rings. The number of nitrogens with zero attached hydrogens (tertiary/aromatic N) is 5. The van der Waals surface area contributed by atoms with Crippen molar-refractivity contribution in [2.45, 2.75) is 19.9 Å². The number of pyridine rings is 1. The number of benzene rings is 1. The van der Waals surface area contributed by atoms with Crippen molar-refractivity contribution in [1.82, 2.24) is 29.9 Å². The predicted molar refractivity (Wildman–Crippen MR) is 117 cm³/mol. The number of hydrogen-bond acceptors (Lipinski definition) is 4. The maximum absolute atomic E-state index is 12.6. The van der Waals surface area contributed by atoms with Crippen LogP contribution < -0.4 is 5.32 Å². The van der Waals surface area contributed by atoms with Gasteiger partial charge in [-0.15, -0.1) is 0 Å². The minimum absolute atomic E-state index is 0.104. The summed E-state index contributed by atoms with van der Waals surface area (Å²) >= 11 is 0. The van der Waals surface area contributed by atoms with Gasteiger partial charge in [-0.1, -0.05) is 29.8 Å². The number of amides is 3. The third-order valence-electron chi connectivity index (χ3n) is 5.39. The summed E-state index contributed by atoms with van der Waals surface area (Å²) in [7, 11) is 0. The van der Waals surface area contributed by atoms with Gasteiger partial charge in [-0.2, -0.15) is 5.10 Å². The van der Waals surface area contributed by atoms with E-state index in [0.717, 1.165) is 11.1 Å². The van der Waals surface area contributed by atoms with Gasteiger partial charge in [0, 0.05) is 51.3 Å². The molecule has 0 atom stereocenters. The van der Waals surface area contributed by atoms with Crippen molar-refractivity contribution < 1.29 is 9.59 Å². The van der Waals surface area contributed by atoms with Crippen molar-refractivity contribution in [2.75, 3.05) is 26.2 Å². The fourth-order valence-electron chi connectivity index (χ4n) is 3.54. The molecule has 8 heteroatoms. The Morgan fingerprint density at radius 2 is 1.71 bits per heavy atom. The Hall–Kier alpha value is -3.68. The summed E-state index contributed by atoms with van der Waals surface area (Å²) in [4.78, 5) is 33.0. The maximum Gasteiger partial charge on any atom is 0.317 e. The van der Waals surface area contributed by atoms with E-state index in [2.05, 4.69) is 15.4 Å². The van der Waals surface area contributed by atoms with Gasteiger partial charge in [0.25, 0.3) is 0 Å². The lowest BCUT2D eigenvalue weighted by Gasteiger charge is -2.34. The number of aromatic nitrogens is 3. The van der Waals surface area contributed by atoms with Crippen LogP contribution >= 0.6 is 0 Å². The quantitative estimate of drug-likeness (QED) is 0.688. The second-order valence-corrected chi connectivity index (χ2v) is 7.66. The molecule has 1 N–H and O–H groups in total. The standard InChI is InChI=1S/C23H26N6O2/c1-18-3-5-19(6-4-18)16-22(30)27-11-13-28(14-12-27)23(31)25-17-20-7-9-24-21(15-20)29-10-2-8-26-29/h2-10,15H,11-14,16-17H2,1H3,(H,25,31). The average Bonchev–Trinajstić information content (AvgIpc) is 3.34. The highest BCUT2D eigenvalue weighted by molar-refractivity contribution is 5.79. The monoisotopic (exact) mass is 418 g/mol. The summed E-state index contributed by atoms with van der Waals surface area (Å²) in [5.41, 5.74) is 3.14. The van der Waals surface area contributed by atoms with Crippen molar-refractivity contribution in [3.05, 3.63) is 77.7 Å². The second kappa shape index (κ2) is 9.42. The van der Waals surface area contributed by atoms with Crippen molar-refractivity contribution in [3.8, 4) is 5.82 Å². The lowest BCUT2D eigenvalue weighted by molar-refractivity contribution is -0.131. The van der Waals surface area contributed by atoms with Gasteiger partial charge in [0.1, 0.15) is 0 Å². The van der Waals surface area contributed by atoms with Crippen LogP contribution in [0.1, 0.15) is 16.7 Å². The van der Waals surface area contributed by atoms with E-state index in [-0.39, 0.29) is 11.9 Å². The average molecular weight is 419 g/mol. The number of carbonyl (C=O) groups is 2. The van der Waals surface area contributed by atoms with Crippen LogP contribution in [0.2, 0.25) is 0 Å². The molecule has 0 saturated carbocycles. The van der Waals surface area contributed by atoms with E-state index in [4.69, 9.17) is 0 Å². The Balaban J connectivity index is 1.24. The summed E-state index contributed by atoms with van der Waals surface area (Å²) in [5.74, 6) is 0.810. The molecular weight excluding hydrogens is 392 g/mol. The first kappa shape index (κ1) is 20.6. The molecule has 160 valence electrons. The Morgan fingerprint density at radius 3 is 2.42 bits per heavy atom. The van der Waals surface area contributed by atoms with Crippen LogP contribution in [0, 0.1) is 6.92 Å². The smallest absolute Gasteiger partial charge is 0.317 e. The molecule has 3 amide bonds. The molecule has 0 unspecified atom stereocenters. The molecule has 1 fully saturated rings. The van der Waals surface area contributed by atoms with Gasteiger partial charge in [-0.3, -0.25) is 4.79 Å². The summed E-state index contributed by atoms with van der Waals surface area (Å²) in [6, 6.07) is 13.5. The summed E-state index contributed by atoms with van der Waals surface area (Å²) < 4.78 is 1.68. The van der Waals surface area contributed by atoms with Crippen LogP contribution in [0.25, 0.3) is 5.82 Å². The Morgan fingerprint density at radius 1 is 0.968 bits per heavy atom. The fourth-order valence-corrected chi connectivity index (χ4v) is 3.54. The van der Waals surface area contributed by atoms with Crippen LogP contribution in [-0.4, -0.2) is 62.7 Å². The van der Waals surface area contributed by atoms with Gasteiger partial charge < -0.3 is 15.1 Å². The van der Waals surface area contributed by atoms with Crippen molar-refractivity contribution in [3.63, 3.8) is 0 Å². The molecule has 0 radical (unpaired) electrons. The van der Waals surface area contributed by atoms with E-state index >= 15 is 0 Å². The zero-order valence-corrected chi connectivity index (χ0v) is 17.6. The van der Waals surface area contributed by atoms with Crippen molar-refractivity contribution >= 4 is 11.9 Å². The predicted octanol–water partition coefficient (Wildman–Crippen LogP) is 2.17. The number of piperazine rings is 1. The topological polar surface area (TPSA) is 83.4 Å². The number of hydrogen-bond donors (Lipinski definition) is 1. The molecule has 0 spiro atoms. The molecule has 0 aliphatic carbocycles. The van der Waals surface area contributed by atoms with Gasteiger partial charge in [0.05, 0.1) is 6.42 Å². The first-order valence-corrected chi connectivity index (χ1v) is 10.4. The number of aryl methyl sites for hydroxylation is 1. The zero-order chi connectivity index (χ0) is 21.6. The second-order valence-electron chi connectivity index (χ2n) is 7.66. The molecule has 0 bridgehead atoms. The number of rotatable bonds is 5. The fraction of sp³-hybridized carbons (Fsp3) is 0.304. The van der Waals surface area contributed by atoms with Gasteiger partial charge >= 0.3 is 6.03 Å². The van der Waals surface area contributed by atoms with E-state index in [1.165, 1.54) is 5.56 Å². The molecule has 3 heterocycles. The van der Waals surface area contributed by atoms with E-state index in [0.29, 0.717) is 45.0 Å². The molecule has 8 nitrogen and oxygen atoms in total. The molecule has 1 aromatic carbocycles. The summed E-state index contributed by atoms with van der Waals surface area (Å²) in [6.45, 7) is 4.60. The largest absolute Gasteiger partial charge is 0.339 e. The summed E-state index contributed by atoms with van der Waals surface area (Å²) in [6.07, 6.45) is 5.62. The van der Waals surface area contributed by atoms with Crippen molar-refractivity contribution in [2.24, 2.45) is 0 Å². The van der Waals surface area contributed by atoms with Crippen LogP contribution in [0.3, 0.4) is 0 Å². The molecule has 4 rings (SSSR count). The van der Waals surface area contributed by atoms with Crippen molar-refractivity contribution in [1.29, 1.82) is 0 Å². The van der Waals surface area contributed by atoms with Gasteiger partial charge in [0.15, 0.2) is 5.82 Å². The number of carbonyl (C=O) groups excluding carboxylic acids is 2. The van der Waals surface area contributed by atoms with Crippen LogP contribution in [-0.2, 0) is 17.8 Å². The highest BCUT2D eigenvalue weighted by Crippen LogP contribution is 2.10. The SMILES string of the molecule is Cc1ccc(CC(=O)N2CCN(C(=O)NCc3ccnc(-n4cccn4)c3)CC2)cc1. The molecule has 1 saturated heterocycles. The highest BCUT2D eigenvalue weighted by atomic mass is 16.2. The third kappa shape index (κ3) is 5.28. The first-order chi connectivity index (χ1) is 15.1. The zero-order valence-electron chi connectivity index (χ0n) is 17.6. The highest BCUT2D eigenvalue weighted by Gasteiger charge is 2.24. The van der Waals surface area contributed by atoms with Crippen LogP contribution in [0.15, 0.2) is 61.1 Å². The Kier molecular flexibility index (Phi) is 6.26. The van der Waals surface area contributed by atoms with E-state index in [9.17, 15) is 9.59 Å². The lowest BCUT2D eigenvalue weighted by Crippen LogP contribution is -2.53. The molecule has 3 aromatic rings. The molecule has 1 aliphatic heterocycles. The summed E-state index contributed by atoms with van der Waals surface area (Å²) in [5, 5.41) is 7.13. The Bertz CT molecular complexity index is 1020. The third-order valence-corrected chi connectivity index (χ3v) is 5.39. The molecular formula is C23H26N6O2. The number of urea groups is 1.